The van der Waals surface area contributed by atoms with Crippen LogP contribution in [0.25, 0.3) is 0 Å². The molecule has 0 aliphatic carbocycles. The normalized spacial score (nSPS) is 13.9. The zero-order chi connectivity index (χ0) is 21.5. The molecular formula is C18H23FN6O4S. The molecule has 1 aromatic carbocycles. The van der Waals surface area contributed by atoms with Crippen molar-refractivity contribution in [3.8, 4) is 5.75 Å². The van der Waals surface area contributed by atoms with Gasteiger partial charge in [-0.25, -0.2) is 13.9 Å². The second-order valence-corrected chi connectivity index (χ2v) is 7.31. The molecule has 2 N–H and O–H groups in total. The maximum atomic E-state index is 12.9. The fraction of sp³-hybridized carbons (Fsp3) is 0.444. The summed E-state index contributed by atoms with van der Waals surface area (Å²) in [7, 11) is 0. The van der Waals surface area contributed by atoms with Crippen LogP contribution in [0.1, 0.15) is 12.7 Å². The summed E-state index contributed by atoms with van der Waals surface area (Å²) in [4.78, 5) is 27.4. The lowest BCUT2D eigenvalue weighted by molar-refractivity contribution is -0.129. The number of benzene rings is 1. The van der Waals surface area contributed by atoms with Crippen molar-refractivity contribution >= 4 is 23.8 Å². The van der Waals surface area contributed by atoms with Crippen molar-refractivity contribution in [2.24, 2.45) is 0 Å². The van der Waals surface area contributed by atoms with Gasteiger partial charge in [0.25, 0.3) is 0 Å². The number of carbonyl (C=O) groups is 2. The quantitative estimate of drug-likeness (QED) is 0.505. The van der Waals surface area contributed by atoms with Crippen molar-refractivity contribution < 1.29 is 23.5 Å². The van der Waals surface area contributed by atoms with Crippen LogP contribution in [0.2, 0.25) is 0 Å². The van der Waals surface area contributed by atoms with Gasteiger partial charge in [-0.05, 0) is 31.2 Å². The van der Waals surface area contributed by atoms with Gasteiger partial charge in [0.15, 0.2) is 5.82 Å². The predicted octanol–water partition coefficient (Wildman–Crippen LogP) is 1.10. The first-order valence-electron chi connectivity index (χ1n) is 9.38. The molecule has 2 heterocycles. The molecule has 1 aliphatic rings. The minimum Gasteiger partial charge on any atom is -0.486 e. The Kier molecular flexibility index (Phi) is 7.33. The molecule has 162 valence electrons. The number of aromatic nitrogens is 3. The summed E-state index contributed by atoms with van der Waals surface area (Å²) in [6.45, 7) is 3.91. The van der Waals surface area contributed by atoms with Gasteiger partial charge >= 0.3 is 6.09 Å². The Morgan fingerprint density at radius 2 is 1.80 bits per heavy atom. The zero-order valence-electron chi connectivity index (χ0n) is 16.5. The van der Waals surface area contributed by atoms with Crippen LogP contribution in [0.4, 0.5) is 9.18 Å². The van der Waals surface area contributed by atoms with Crippen LogP contribution in [0.15, 0.2) is 29.4 Å². The maximum absolute atomic E-state index is 12.9. The van der Waals surface area contributed by atoms with E-state index in [1.54, 1.807) is 16.7 Å². The van der Waals surface area contributed by atoms with Crippen LogP contribution < -0.4 is 10.6 Å². The second kappa shape index (κ2) is 10.1. The number of hydrogen-bond donors (Lipinski definition) is 1. The predicted molar refractivity (Wildman–Crippen MR) is 107 cm³/mol. The van der Waals surface area contributed by atoms with Gasteiger partial charge in [0.05, 0.1) is 12.4 Å². The first-order valence-corrected chi connectivity index (χ1v) is 10.4. The number of halogens is 1. The molecule has 10 nitrogen and oxygen atoms in total. The van der Waals surface area contributed by atoms with Crippen LogP contribution in [-0.2, 0) is 16.1 Å². The molecule has 30 heavy (non-hydrogen) atoms. The van der Waals surface area contributed by atoms with Crippen molar-refractivity contribution in [1.82, 2.24) is 24.7 Å². The molecule has 0 spiro atoms. The van der Waals surface area contributed by atoms with Crippen LogP contribution in [0.3, 0.4) is 0 Å². The largest absolute Gasteiger partial charge is 0.486 e. The number of amides is 2. The van der Waals surface area contributed by atoms with E-state index in [1.165, 1.54) is 40.7 Å². The average molecular weight is 438 g/mol. The highest BCUT2D eigenvalue weighted by molar-refractivity contribution is 7.99. The maximum Gasteiger partial charge on any atom is 0.409 e. The van der Waals surface area contributed by atoms with Crippen LogP contribution >= 0.6 is 11.8 Å². The van der Waals surface area contributed by atoms with E-state index in [0.717, 1.165) is 0 Å². The molecule has 2 amide bonds. The smallest absolute Gasteiger partial charge is 0.409 e. The Balaban J connectivity index is 1.45. The summed E-state index contributed by atoms with van der Waals surface area (Å²) < 4.78 is 24.7. The molecule has 0 atom stereocenters. The van der Waals surface area contributed by atoms with Crippen LogP contribution in [-0.4, -0.2) is 75.2 Å². The summed E-state index contributed by atoms with van der Waals surface area (Å²) in [5.74, 6) is 6.56. The van der Waals surface area contributed by atoms with E-state index in [9.17, 15) is 14.0 Å². The zero-order valence-corrected chi connectivity index (χ0v) is 17.3. The van der Waals surface area contributed by atoms with E-state index in [0.29, 0.717) is 49.5 Å². The third-order valence-electron chi connectivity index (χ3n) is 4.40. The van der Waals surface area contributed by atoms with E-state index in [4.69, 9.17) is 15.3 Å². The number of thioether (sulfide) groups is 1. The molecule has 0 radical (unpaired) electrons. The Morgan fingerprint density at radius 3 is 2.47 bits per heavy atom. The second-order valence-electron chi connectivity index (χ2n) is 6.37. The highest BCUT2D eigenvalue weighted by atomic mass is 32.2. The van der Waals surface area contributed by atoms with Crippen molar-refractivity contribution in [3.63, 3.8) is 0 Å². The SMILES string of the molecule is CCOC(=O)N1CCN(C(=O)CSc2nnc(COc3ccc(F)cc3)n2N)CC1. The summed E-state index contributed by atoms with van der Waals surface area (Å²) in [5, 5.41) is 8.34. The first kappa shape index (κ1) is 21.7. The molecule has 1 aliphatic heterocycles. The number of rotatable bonds is 7. The van der Waals surface area contributed by atoms with E-state index in [1.807, 2.05) is 0 Å². The summed E-state index contributed by atoms with van der Waals surface area (Å²) in [6, 6.07) is 5.59. The summed E-state index contributed by atoms with van der Waals surface area (Å²) >= 11 is 1.17. The number of piperazine rings is 1. The van der Waals surface area contributed by atoms with E-state index in [-0.39, 0.29) is 30.2 Å². The van der Waals surface area contributed by atoms with Crippen LogP contribution in [0, 0.1) is 5.82 Å². The first-order chi connectivity index (χ1) is 14.5. The molecule has 2 aromatic rings. The van der Waals surface area contributed by atoms with Gasteiger partial charge < -0.3 is 25.1 Å². The number of ether oxygens (including phenoxy) is 2. The molecule has 3 rings (SSSR count). The lowest BCUT2D eigenvalue weighted by atomic mass is 10.3. The van der Waals surface area contributed by atoms with E-state index >= 15 is 0 Å². The molecule has 1 aromatic heterocycles. The Hall–Kier alpha value is -3.02. The number of carbonyl (C=O) groups excluding carboxylic acids is 2. The Bertz CT molecular complexity index is 870. The lowest BCUT2D eigenvalue weighted by Gasteiger charge is -2.33. The van der Waals surface area contributed by atoms with Gasteiger partial charge in [0.2, 0.25) is 11.1 Å². The van der Waals surface area contributed by atoms with Crippen molar-refractivity contribution in [3.05, 3.63) is 35.9 Å². The van der Waals surface area contributed by atoms with Crippen LogP contribution in [0.5, 0.6) is 5.75 Å². The van der Waals surface area contributed by atoms with Gasteiger partial charge in [-0.15, -0.1) is 10.2 Å². The van der Waals surface area contributed by atoms with Gasteiger partial charge in [-0.2, -0.15) is 0 Å². The molecule has 1 saturated heterocycles. The van der Waals surface area contributed by atoms with Gasteiger partial charge in [-0.3, -0.25) is 4.79 Å². The lowest BCUT2D eigenvalue weighted by Crippen LogP contribution is -2.51. The number of nitrogens with two attached hydrogens (primary N) is 1. The fourth-order valence-corrected chi connectivity index (χ4v) is 3.53. The van der Waals surface area contributed by atoms with Crippen molar-refractivity contribution in [2.75, 3.05) is 44.4 Å². The molecule has 1 fully saturated rings. The molecule has 0 saturated carbocycles. The Labute approximate surface area is 177 Å². The minimum atomic E-state index is -0.356. The van der Waals surface area contributed by atoms with Gasteiger partial charge in [0, 0.05) is 26.2 Å². The van der Waals surface area contributed by atoms with Crippen molar-refractivity contribution in [1.29, 1.82) is 0 Å². The average Bonchev–Trinajstić information content (AvgIpc) is 3.11. The molecular weight excluding hydrogens is 415 g/mol. The summed E-state index contributed by atoms with van der Waals surface area (Å²) in [6.07, 6.45) is -0.356. The van der Waals surface area contributed by atoms with Gasteiger partial charge in [-0.1, -0.05) is 11.8 Å². The monoisotopic (exact) mass is 438 g/mol. The van der Waals surface area contributed by atoms with Gasteiger partial charge in [0.1, 0.15) is 18.2 Å². The molecule has 12 heteroatoms. The standard InChI is InChI=1S/C18H23FN6O4S/c1-2-28-18(27)24-9-7-23(8-10-24)16(26)12-30-17-22-21-15(25(17)20)11-29-14-5-3-13(19)4-6-14/h3-6H,2,7-12,20H2,1H3. The molecule has 0 unspecified atom stereocenters. The fourth-order valence-electron chi connectivity index (χ4n) is 2.75. The topological polar surface area (TPSA) is 116 Å². The summed E-state index contributed by atoms with van der Waals surface area (Å²) in [5.41, 5.74) is 0. The third-order valence-corrected chi connectivity index (χ3v) is 5.33. The van der Waals surface area contributed by atoms with Crippen molar-refractivity contribution in [2.45, 2.75) is 18.7 Å². The van der Waals surface area contributed by atoms with E-state index < -0.39 is 0 Å². The highest BCUT2D eigenvalue weighted by Gasteiger charge is 2.25. The number of nitrogen functional groups attached to an aromatic ring is 1. The van der Waals surface area contributed by atoms with E-state index in [2.05, 4.69) is 10.2 Å². The highest BCUT2D eigenvalue weighted by Crippen LogP contribution is 2.18. The molecule has 0 bridgehead atoms. The minimum absolute atomic E-state index is 0.0550. The third kappa shape index (κ3) is 5.53. The Morgan fingerprint density at radius 1 is 1.13 bits per heavy atom. The number of hydrogen-bond acceptors (Lipinski definition) is 8. The number of nitrogens with zero attached hydrogens (tertiary/aromatic N) is 5.